The SMILES string of the molecule is C[C@H](Nc1cc(F)c(C(=O)N[C@@H](Cc2ccc(-c3c(Cl)cc(F)cc3Cl)c3c2CCCO3)C(=O)O)c(F)c1)c1ccccc1. The molecule has 0 spiro atoms. The van der Waals surface area contributed by atoms with Crippen LogP contribution in [0.1, 0.15) is 46.4 Å². The molecule has 1 amide bonds. The maximum Gasteiger partial charge on any atom is 0.326 e. The van der Waals surface area contributed by atoms with Crippen molar-refractivity contribution in [2.24, 2.45) is 0 Å². The molecule has 0 saturated heterocycles. The smallest absolute Gasteiger partial charge is 0.326 e. The van der Waals surface area contributed by atoms with Crippen LogP contribution in [-0.4, -0.2) is 29.6 Å². The van der Waals surface area contributed by atoms with E-state index < -0.39 is 40.9 Å². The van der Waals surface area contributed by atoms with Crippen LogP contribution in [0.4, 0.5) is 18.9 Å². The van der Waals surface area contributed by atoms with Gasteiger partial charge in [-0.05, 0) is 60.7 Å². The molecule has 11 heteroatoms. The molecule has 44 heavy (non-hydrogen) atoms. The molecule has 0 aliphatic carbocycles. The van der Waals surface area contributed by atoms with Crippen molar-refractivity contribution in [2.75, 3.05) is 11.9 Å². The van der Waals surface area contributed by atoms with E-state index in [9.17, 15) is 19.1 Å². The van der Waals surface area contributed by atoms with E-state index in [4.69, 9.17) is 27.9 Å². The van der Waals surface area contributed by atoms with Gasteiger partial charge in [-0.1, -0.05) is 65.7 Å². The monoisotopic (exact) mass is 642 g/mol. The molecular weight excluding hydrogens is 616 g/mol. The van der Waals surface area contributed by atoms with Gasteiger partial charge in [0.25, 0.3) is 5.91 Å². The number of benzene rings is 4. The van der Waals surface area contributed by atoms with Crippen LogP contribution in [0.5, 0.6) is 5.75 Å². The lowest BCUT2D eigenvalue weighted by Gasteiger charge is -2.25. The molecule has 0 saturated carbocycles. The van der Waals surface area contributed by atoms with Crippen molar-refractivity contribution >= 4 is 40.8 Å². The van der Waals surface area contributed by atoms with Crippen LogP contribution < -0.4 is 15.4 Å². The highest BCUT2D eigenvalue weighted by molar-refractivity contribution is 6.39. The number of carboxylic acids is 1. The van der Waals surface area contributed by atoms with Gasteiger partial charge in [0, 0.05) is 29.3 Å². The van der Waals surface area contributed by atoms with Crippen molar-refractivity contribution in [3.8, 4) is 16.9 Å². The molecule has 5 rings (SSSR count). The minimum Gasteiger partial charge on any atom is -0.493 e. The van der Waals surface area contributed by atoms with Gasteiger partial charge in [-0.25, -0.2) is 18.0 Å². The van der Waals surface area contributed by atoms with Crippen LogP contribution >= 0.6 is 23.2 Å². The summed E-state index contributed by atoms with van der Waals surface area (Å²) in [5.41, 5.74) is 2.21. The zero-order valence-electron chi connectivity index (χ0n) is 23.4. The van der Waals surface area contributed by atoms with Gasteiger partial charge >= 0.3 is 5.97 Å². The molecule has 0 unspecified atom stereocenters. The minimum atomic E-state index is -1.52. The van der Waals surface area contributed by atoms with E-state index in [0.717, 1.165) is 29.8 Å². The quantitative estimate of drug-likeness (QED) is 0.172. The van der Waals surface area contributed by atoms with E-state index in [1.54, 1.807) is 12.1 Å². The summed E-state index contributed by atoms with van der Waals surface area (Å²) in [6.07, 6.45) is 0.960. The fourth-order valence-corrected chi connectivity index (χ4v) is 5.98. The van der Waals surface area contributed by atoms with E-state index in [1.807, 2.05) is 37.3 Å². The van der Waals surface area contributed by atoms with Crippen LogP contribution in [0.3, 0.4) is 0 Å². The van der Waals surface area contributed by atoms with Crippen molar-refractivity contribution in [3.63, 3.8) is 0 Å². The number of amides is 1. The van der Waals surface area contributed by atoms with Crippen LogP contribution in [0, 0.1) is 17.5 Å². The molecule has 1 aliphatic heterocycles. The van der Waals surface area contributed by atoms with Gasteiger partial charge in [0.2, 0.25) is 0 Å². The first-order chi connectivity index (χ1) is 21.0. The van der Waals surface area contributed by atoms with E-state index in [2.05, 4.69) is 10.6 Å². The molecule has 0 radical (unpaired) electrons. The Hall–Kier alpha value is -4.21. The Morgan fingerprint density at radius 3 is 2.27 bits per heavy atom. The maximum absolute atomic E-state index is 15.1. The molecule has 6 nitrogen and oxygen atoms in total. The van der Waals surface area contributed by atoms with Gasteiger partial charge in [0.15, 0.2) is 0 Å². The number of halogens is 5. The molecule has 1 aliphatic rings. The highest BCUT2D eigenvalue weighted by atomic mass is 35.5. The highest BCUT2D eigenvalue weighted by Gasteiger charge is 2.29. The minimum absolute atomic E-state index is 0.0783. The second-order valence-corrected chi connectivity index (χ2v) is 11.3. The molecule has 2 atom stereocenters. The number of aliphatic carboxylic acids is 1. The number of carbonyl (C=O) groups is 2. The van der Waals surface area contributed by atoms with Crippen molar-refractivity contribution in [1.29, 1.82) is 0 Å². The summed E-state index contributed by atoms with van der Waals surface area (Å²) in [7, 11) is 0. The lowest BCUT2D eigenvalue weighted by Crippen LogP contribution is -2.43. The van der Waals surface area contributed by atoms with Crippen LogP contribution in [0.15, 0.2) is 66.7 Å². The van der Waals surface area contributed by atoms with Crippen molar-refractivity contribution in [3.05, 3.63) is 116 Å². The number of carboxylic acid groups (broad SMARTS) is 1. The number of carbonyl (C=O) groups excluding carboxylic acids is 1. The number of nitrogens with one attached hydrogen (secondary N) is 2. The van der Waals surface area contributed by atoms with Crippen LogP contribution in [-0.2, 0) is 17.6 Å². The van der Waals surface area contributed by atoms with Gasteiger partial charge < -0.3 is 20.5 Å². The normalized spacial score (nSPS) is 13.8. The molecule has 3 N–H and O–H groups in total. The summed E-state index contributed by atoms with van der Waals surface area (Å²) in [4.78, 5) is 25.2. The largest absolute Gasteiger partial charge is 0.493 e. The molecule has 4 aromatic rings. The van der Waals surface area contributed by atoms with Gasteiger partial charge in [-0.3, -0.25) is 4.79 Å². The topological polar surface area (TPSA) is 87.7 Å². The number of fused-ring (bicyclic) bond motifs is 1. The van der Waals surface area contributed by atoms with Gasteiger partial charge in [-0.2, -0.15) is 0 Å². The Morgan fingerprint density at radius 1 is 0.977 bits per heavy atom. The first kappa shape index (κ1) is 31.2. The average Bonchev–Trinajstić information content (AvgIpc) is 2.97. The summed E-state index contributed by atoms with van der Waals surface area (Å²) in [6.45, 7) is 2.20. The first-order valence-corrected chi connectivity index (χ1v) is 14.6. The second kappa shape index (κ2) is 13.2. The van der Waals surface area contributed by atoms with E-state index in [-0.39, 0.29) is 28.2 Å². The fraction of sp³-hybridized carbons (Fsp3) is 0.212. The Morgan fingerprint density at radius 2 is 1.64 bits per heavy atom. The summed E-state index contributed by atoms with van der Waals surface area (Å²) >= 11 is 12.6. The predicted octanol–water partition coefficient (Wildman–Crippen LogP) is 8.00. The Labute approximate surface area is 261 Å². The first-order valence-electron chi connectivity index (χ1n) is 13.8. The van der Waals surface area contributed by atoms with Crippen LogP contribution in [0.2, 0.25) is 10.0 Å². The number of hydrogen-bond donors (Lipinski definition) is 3. The number of hydrogen-bond acceptors (Lipinski definition) is 4. The Balaban J connectivity index is 1.39. The van der Waals surface area contributed by atoms with Gasteiger partial charge in [0.1, 0.15) is 34.8 Å². The van der Waals surface area contributed by atoms with Crippen molar-refractivity contribution < 1.29 is 32.6 Å². The molecule has 0 aromatic heterocycles. The molecular formula is C33H27Cl2F3N2O4. The summed E-state index contributed by atoms with van der Waals surface area (Å²) < 4.78 is 49.9. The Kier molecular flexibility index (Phi) is 9.36. The summed E-state index contributed by atoms with van der Waals surface area (Å²) in [6, 6.07) is 15.0. The number of ether oxygens (including phenoxy) is 1. The third kappa shape index (κ3) is 6.64. The number of anilines is 1. The molecule has 4 aromatic carbocycles. The number of rotatable bonds is 9. The van der Waals surface area contributed by atoms with Gasteiger partial charge in [-0.15, -0.1) is 0 Å². The fourth-order valence-electron chi connectivity index (χ4n) is 5.32. The third-order valence-corrected chi connectivity index (χ3v) is 8.03. The summed E-state index contributed by atoms with van der Waals surface area (Å²) in [5, 5.41) is 15.4. The highest BCUT2D eigenvalue weighted by Crippen LogP contribution is 2.44. The van der Waals surface area contributed by atoms with E-state index >= 15 is 8.78 Å². The molecule has 228 valence electrons. The zero-order chi connectivity index (χ0) is 31.5. The predicted molar refractivity (Wildman–Crippen MR) is 163 cm³/mol. The third-order valence-electron chi connectivity index (χ3n) is 7.43. The lowest BCUT2D eigenvalue weighted by molar-refractivity contribution is -0.139. The lowest BCUT2D eigenvalue weighted by atomic mass is 9.90. The Bertz CT molecular complexity index is 1690. The van der Waals surface area contributed by atoms with Gasteiger partial charge in [0.05, 0.1) is 16.7 Å². The van der Waals surface area contributed by atoms with E-state index in [1.165, 1.54) is 0 Å². The molecule has 1 heterocycles. The standard InChI is InChI=1S/C33H27Cl2F3N2O4/c1-17(18-6-3-2-4-7-18)39-21-15-26(37)30(27(38)16-21)32(41)40-28(33(42)43)12-19-9-10-23(31-22(19)8-5-11-44-31)29-24(34)13-20(36)14-25(29)35/h2-4,6-7,9-10,13-17,28,39H,5,8,11-12H2,1H3,(H,40,41)(H,42,43)/t17-,28-/m0/s1. The average molecular weight is 643 g/mol. The molecule has 0 bridgehead atoms. The van der Waals surface area contributed by atoms with Crippen molar-refractivity contribution in [2.45, 2.75) is 38.3 Å². The zero-order valence-corrected chi connectivity index (χ0v) is 24.9. The van der Waals surface area contributed by atoms with Crippen LogP contribution in [0.25, 0.3) is 11.1 Å². The second-order valence-electron chi connectivity index (χ2n) is 10.4. The summed E-state index contributed by atoms with van der Waals surface area (Å²) in [5.74, 6) is -5.06. The van der Waals surface area contributed by atoms with Crippen molar-refractivity contribution in [1.82, 2.24) is 5.32 Å². The van der Waals surface area contributed by atoms with E-state index in [0.29, 0.717) is 47.5 Å². The molecule has 0 fully saturated rings. The maximum atomic E-state index is 15.1.